The van der Waals surface area contributed by atoms with Crippen LogP contribution in [0.3, 0.4) is 0 Å². The van der Waals surface area contributed by atoms with Crippen molar-refractivity contribution in [3.8, 4) is 0 Å². The van der Waals surface area contributed by atoms with Gasteiger partial charge in [0, 0.05) is 10.0 Å². The van der Waals surface area contributed by atoms with Gasteiger partial charge in [-0.25, -0.2) is 0 Å². The molecule has 1 atom stereocenters. The molecule has 21 heavy (non-hydrogen) atoms. The molecular formula is C18H21Cl2N. The summed E-state index contributed by atoms with van der Waals surface area (Å²) in [4.78, 5) is 0. The van der Waals surface area contributed by atoms with Crippen LogP contribution in [-0.4, -0.2) is 13.6 Å². The van der Waals surface area contributed by atoms with E-state index in [0.29, 0.717) is 10.9 Å². The lowest BCUT2D eigenvalue weighted by Crippen LogP contribution is -2.23. The molecule has 0 aromatic heterocycles. The van der Waals surface area contributed by atoms with Crippen molar-refractivity contribution in [3.05, 3.63) is 69.2 Å². The van der Waals surface area contributed by atoms with Crippen LogP contribution in [0.4, 0.5) is 0 Å². The zero-order valence-electron chi connectivity index (χ0n) is 12.5. The van der Waals surface area contributed by atoms with Gasteiger partial charge in [0.05, 0.1) is 0 Å². The smallest absolute Gasteiger partial charge is 0.0452 e. The lowest BCUT2D eigenvalue weighted by Gasteiger charge is -2.18. The average molecular weight is 322 g/mol. The van der Waals surface area contributed by atoms with Crippen LogP contribution in [-0.2, 0) is 12.8 Å². The van der Waals surface area contributed by atoms with E-state index in [1.54, 1.807) is 0 Å². The molecule has 0 bridgehead atoms. The van der Waals surface area contributed by atoms with Gasteiger partial charge < -0.3 is 5.32 Å². The van der Waals surface area contributed by atoms with E-state index in [2.05, 4.69) is 36.5 Å². The van der Waals surface area contributed by atoms with Crippen molar-refractivity contribution < 1.29 is 0 Å². The predicted molar refractivity (Wildman–Crippen MR) is 92.5 cm³/mol. The Morgan fingerprint density at radius 1 is 1.00 bits per heavy atom. The van der Waals surface area contributed by atoms with E-state index in [-0.39, 0.29) is 0 Å². The van der Waals surface area contributed by atoms with Gasteiger partial charge in [-0.2, -0.15) is 0 Å². The van der Waals surface area contributed by atoms with E-state index in [0.717, 1.165) is 30.0 Å². The second-order valence-corrected chi connectivity index (χ2v) is 6.40. The first-order valence-corrected chi connectivity index (χ1v) is 7.98. The summed E-state index contributed by atoms with van der Waals surface area (Å²) < 4.78 is 0. The molecule has 1 unspecified atom stereocenters. The lowest BCUT2D eigenvalue weighted by atomic mass is 9.92. The SMILES string of the molecule is CNCC(Cc1ccc(C)cc1)Cc1ccc(Cl)cc1Cl. The fourth-order valence-corrected chi connectivity index (χ4v) is 3.05. The van der Waals surface area contributed by atoms with Gasteiger partial charge in [-0.1, -0.05) is 59.1 Å². The highest BCUT2D eigenvalue weighted by molar-refractivity contribution is 6.35. The third-order valence-corrected chi connectivity index (χ3v) is 4.25. The second-order valence-electron chi connectivity index (χ2n) is 5.55. The quantitative estimate of drug-likeness (QED) is 0.796. The molecule has 1 N–H and O–H groups in total. The third-order valence-electron chi connectivity index (χ3n) is 3.66. The van der Waals surface area contributed by atoms with Crippen molar-refractivity contribution in [3.63, 3.8) is 0 Å². The molecule has 0 aliphatic heterocycles. The van der Waals surface area contributed by atoms with Gasteiger partial charge in [0.25, 0.3) is 0 Å². The Labute approximate surface area is 137 Å². The minimum absolute atomic E-state index is 0.511. The molecule has 1 nitrogen and oxygen atoms in total. The van der Waals surface area contributed by atoms with Crippen molar-refractivity contribution in [2.45, 2.75) is 19.8 Å². The molecule has 0 saturated heterocycles. The predicted octanol–water partition coefficient (Wildman–Crippen LogP) is 4.92. The van der Waals surface area contributed by atoms with Crippen LogP contribution < -0.4 is 5.32 Å². The summed E-state index contributed by atoms with van der Waals surface area (Å²) in [6, 6.07) is 14.5. The van der Waals surface area contributed by atoms with Crippen molar-refractivity contribution >= 4 is 23.2 Å². The Hall–Kier alpha value is -1.02. The molecule has 2 rings (SSSR count). The standard InChI is InChI=1S/C18H21Cl2N/c1-13-3-5-14(6-4-13)9-15(12-21-2)10-16-7-8-17(19)11-18(16)20/h3-8,11,15,21H,9-10,12H2,1-2H3. The number of hydrogen-bond donors (Lipinski definition) is 1. The van der Waals surface area contributed by atoms with E-state index in [1.807, 2.05) is 25.2 Å². The van der Waals surface area contributed by atoms with Gasteiger partial charge in [0.15, 0.2) is 0 Å². The van der Waals surface area contributed by atoms with Crippen LogP contribution in [0.5, 0.6) is 0 Å². The van der Waals surface area contributed by atoms with Crippen LogP contribution in [0, 0.1) is 12.8 Å². The highest BCUT2D eigenvalue weighted by Crippen LogP contribution is 2.24. The highest BCUT2D eigenvalue weighted by atomic mass is 35.5. The van der Waals surface area contributed by atoms with Gasteiger partial charge >= 0.3 is 0 Å². The van der Waals surface area contributed by atoms with Crippen molar-refractivity contribution in [2.75, 3.05) is 13.6 Å². The van der Waals surface area contributed by atoms with Crippen LogP contribution in [0.25, 0.3) is 0 Å². The number of halogens is 2. The van der Waals surface area contributed by atoms with E-state index in [4.69, 9.17) is 23.2 Å². The molecule has 0 spiro atoms. The van der Waals surface area contributed by atoms with Gasteiger partial charge in [-0.3, -0.25) is 0 Å². The molecule has 0 aliphatic rings. The molecule has 3 heteroatoms. The van der Waals surface area contributed by atoms with Crippen molar-refractivity contribution in [1.82, 2.24) is 5.32 Å². The molecule has 0 aliphatic carbocycles. The van der Waals surface area contributed by atoms with E-state index in [9.17, 15) is 0 Å². The molecule has 112 valence electrons. The van der Waals surface area contributed by atoms with Crippen LogP contribution >= 0.6 is 23.2 Å². The maximum absolute atomic E-state index is 6.29. The van der Waals surface area contributed by atoms with Gasteiger partial charge in [0.2, 0.25) is 0 Å². The number of nitrogens with one attached hydrogen (secondary N) is 1. The van der Waals surface area contributed by atoms with E-state index in [1.165, 1.54) is 11.1 Å². The maximum atomic E-state index is 6.29. The molecule has 0 heterocycles. The Morgan fingerprint density at radius 3 is 2.33 bits per heavy atom. The topological polar surface area (TPSA) is 12.0 Å². The van der Waals surface area contributed by atoms with E-state index < -0.39 is 0 Å². The van der Waals surface area contributed by atoms with Crippen molar-refractivity contribution in [2.24, 2.45) is 5.92 Å². The zero-order valence-corrected chi connectivity index (χ0v) is 14.0. The normalized spacial score (nSPS) is 12.4. The average Bonchev–Trinajstić information content (AvgIpc) is 2.44. The summed E-state index contributed by atoms with van der Waals surface area (Å²) in [7, 11) is 1.99. The monoisotopic (exact) mass is 321 g/mol. The van der Waals surface area contributed by atoms with Crippen molar-refractivity contribution in [1.29, 1.82) is 0 Å². The number of benzene rings is 2. The minimum Gasteiger partial charge on any atom is -0.319 e. The number of hydrogen-bond acceptors (Lipinski definition) is 1. The third kappa shape index (κ3) is 5.03. The summed E-state index contributed by atoms with van der Waals surface area (Å²) in [6.45, 7) is 3.08. The lowest BCUT2D eigenvalue weighted by molar-refractivity contribution is 0.493. The van der Waals surface area contributed by atoms with Crippen LogP contribution in [0.2, 0.25) is 10.0 Å². The van der Waals surface area contributed by atoms with Gasteiger partial charge in [-0.15, -0.1) is 0 Å². The first-order valence-electron chi connectivity index (χ1n) is 7.22. The van der Waals surface area contributed by atoms with Crippen LogP contribution in [0.15, 0.2) is 42.5 Å². The molecule has 0 saturated carbocycles. The summed E-state index contributed by atoms with van der Waals surface area (Å²) in [6.07, 6.45) is 1.99. The fraction of sp³-hybridized carbons (Fsp3) is 0.333. The Morgan fingerprint density at radius 2 is 1.71 bits per heavy atom. The first kappa shape index (κ1) is 16.4. The first-order chi connectivity index (χ1) is 10.1. The maximum Gasteiger partial charge on any atom is 0.0452 e. The highest BCUT2D eigenvalue weighted by Gasteiger charge is 2.12. The van der Waals surface area contributed by atoms with Crippen LogP contribution in [0.1, 0.15) is 16.7 Å². The molecule has 0 amide bonds. The Bertz CT molecular complexity index is 578. The summed E-state index contributed by atoms with van der Waals surface area (Å²) in [5, 5.41) is 4.73. The van der Waals surface area contributed by atoms with Gasteiger partial charge in [0.1, 0.15) is 0 Å². The summed E-state index contributed by atoms with van der Waals surface area (Å²) >= 11 is 12.3. The minimum atomic E-state index is 0.511. The molecule has 2 aromatic carbocycles. The Balaban J connectivity index is 2.09. The molecular weight excluding hydrogens is 301 g/mol. The van der Waals surface area contributed by atoms with Gasteiger partial charge in [-0.05, 0) is 62.5 Å². The molecule has 2 aromatic rings. The second kappa shape index (κ2) is 7.84. The Kier molecular flexibility index (Phi) is 6.10. The summed E-state index contributed by atoms with van der Waals surface area (Å²) in [5.41, 5.74) is 3.82. The number of rotatable bonds is 6. The summed E-state index contributed by atoms with van der Waals surface area (Å²) in [5.74, 6) is 0.511. The van der Waals surface area contributed by atoms with E-state index >= 15 is 0 Å². The molecule has 0 fully saturated rings. The fourth-order valence-electron chi connectivity index (χ4n) is 2.56. The largest absolute Gasteiger partial charge is 0.319 e. The zero-order chi connectivity index (χ0) is 15.2. The molecule has 0 radical (unpaired) electrons. The number of aryl methyl sites for hydroxylation is 1.